The Morgan fingerprint density at radius 1 is 1.17 bits per heavy atom. The van der Waals surface area contributed by atoms with Crippen molar-refractivity contribution in [1.82, 2.24) is 15.2 Å². The van der Waals surface area contributed by atoms with Gasteiger partial charge in [0.1, 0.15) is 7.85 Å². The van der Waals surface area contributed by atoms with Crippen LogP contribution >= 0.6 is 0 Å². The third-order valence-electron chi connectivity index (χ3n) is 4.05. The first-order chi connectivity index (χ1) is 11.8. The number of nitrogens with zero attached hydrogens (tertiary/aromatic N) is 4. The van der Waals surface area contributed by atoms with E-state index in [1.54, 1.807) is 6.20 Å². The van der Waals surface area contributed by atoms with Gasteiger partial charge >= 0.3 is 0 Å². The highest BCUT2D eigenvalue weighted by Crippen LogP contribution is 2.24. The van der Waals surface area contributed by atoms with E-state index >= 15 is 0 Å². The lowest BCUT2D eigenvalue weighted by Crippen LogP contribution is -2.46. The molecule has 2 aromatic rings. The maximum absolute atomic E-state index is 6.36. The molecule has 1 N–H and O–H groups in total. The van der Waals surface area contributed by atoms with Gasteiger partial charge in [0.15, 0.2) is 11.7 Å². The lowest BCUT2D eigenvalue weighted by Gasteiger charge is -2.32. The van der Waals surface area contributed by atoms with Crippen molar-refractivity contribution in [1.29, 1.82) is 0 Å². The number of aliphatic imine (C=N–C) groups is 2. The van der Waals surface area contributed by atoms with Crippen molar-refractivity contribution in [2.45, 2.75) is 6.54 Å². The molecule has 0 spiro atoms. The van der Waals surface area contributed by atoms with Gasteiger partial charge in [0.05, 0.1) is 18.8 Å². The summed E-state index contributed by atoms with van der Waals surface area (Å²) in [4.78, 5) is 15.4. The van der Waals surface area contributed by atoms with Crippen molar-refractivity contribution in [2.75, 3.05) is 13.1 Å². The average Bonchev–Trinajstić information content (AvgIpc) is 3.13. The Morgan fingerprint density at radius 2 is 2.04 bits per heavy atom. The number of pyridine rings is 1. The van der Waals surface area contributed by atoms with Gasteiger partial charge in [-0.05, 0) is 22.8 Å². The third kappa shape index (κ3) is 2.71. The average molecular weight is 313 g/mol. The Balaban J connectivity index is 1.69. The second kappa shape index (κ2) is 6.32. The quantitative estimate of drug-likeness (QED) is 0.879. The second-order valence-electron chi connectivity index (χ2n) is 5.63. The Hall–Kier alpha value is -2.89. The Kier molecular flexibility index (Phi) is 3.87. The molecule has 116 valence electrons. The highest BCUT2D eigenvalue weighted by Gasteiger charge is 2.30. The molecule has 0 unspecified atom stereocenters. The Labute approximate surface area is 142 Å². The summed E-state index contributed by atoms with van der Waals surface area (Å²) in [5, 5.41) is 3.37. The summed E-state index contributed by atoms with van der Waals surface area (Å²) < 4.78 is 0. The molecule has 0 atom stereocenters. The molecule has 2 aliphatic rings. The SMILES string of the molecule is [B]C1=C(c2ccccc2)NC(=NCc2cccnc2)C2=NCCN21. The summed E-state index contributed by atoms with van der Waals surface area (Å²) in [6, 6.07) is 14.0. The monoisotopic (exact) mass is 313 g/mol. The van der Waals surface area contributed by atoms with Gasteiger partial charge < -0.3 is 10.2 Å². The fraction of sp³-hybridized carbons (Fsp3) is 0.167. The minimum atomic E-state index is 0.547. The number of hydrogen-bond acceptors (Lipinski definition) is 4. The number of hydrogen-bond donors (Lipinski definition) is 1. The van der Waals surface area contributed by atoms with Crippen LogP contribution < -0.4 is 5.32 Å². The molecule has 4 rings (SSSR count). The van der Waals surface area contributed by atoms with Crippen LogP contribution in [-0.2, 0) is 6.54 Å². The van der Waals surface area contributed by atoms with Crippen LogP contribution in [0.1, 0.15) is 11.1 Å². The zero-order valence-electron chi connectivity index (χ0n) is 13.2. The number of nitrogens with one attached hydrogen (secondary N) is 1. The van der Waals surface area contributed by atoms with E-state index in [4.69, 9.17) is 12.8 Å². The largest absolute Gasteiger partial charge is 0.336 e. The smallest absolute Gasteiger partial charge is 0.170 e. The molecule has 2 aliphatic heterocycles. The minimum absolute atomic E-state index is 0.547. The second-order valence-corrected chi connectivity index (χ2v) is 5.63. The number of amidine groups is 2. The van der Waals surface area contributed by atoms with Crippen LogP contribution in [0.25, 0.3) is 5.70 Å². The van der Waals surface area contributed by atoms with Crippen molar-refractivity contribution in [3.05, 3.63) is 71.6 Å². The standard InChI is InChI=1S/C18H16BN5/c19-16-15(14-6-2-1-3-7-14)23-17(18-21-9-10-24(16)18)22-12-13-5-4-8-20-11-13/h1-8,11H,9-10,12H2,(H,22,23). The van der Waals surface area contributed by atoms with E-state index in [1.807, 2.05) is 53.6 Å². The molecule has 5 nitrogen and oxygen atoms in total. The van der Waals surface area contributed by atoms with Gasteiger partial charge in [0, 0.05) is 18.9 Å². The van der Waals surface area contributed by atoms with Gasteiger partial charge in [-0.1, -0.05) is 36.4 Å². The summed E-state index contributed by atoms with van der Waals surface area (Å²) in [5.74, 6) is 1.57. The fourth-order valence-corrected chi connectivity index (χ4v) is 2.85. The summed E-state index contributed by atoms with van der Waals surface area (Å²) in [5.41, 5.74) is 3.66. The molecule has 24 heavy (non-hydrogen) atoms. The van der Waals surface area contributed by atoms with Crippen LogP contribution in [0, 0.1) is 0 Å². The number of benzene rings is 1. The van der Waals surface area contributed by atoms with Gasteiger partial charge in [-0.15, -0.1) is 0 Å². The normalized spacial score (nSPS) is 18.4. The van der Waals surface area contributed by atoms with Crippen molar-refractivity contribution in [3.8, 4) is 0 Å². The van der Waals surface area contributed by atoms with Crippen molar-refractivity contribution >= 4 is 25.2 Å². The molecule has 0 saturated heterocycles. The molecule has 3 heterocycles. The van der Waals surface area contributed by atoms with Gasteiger partial charge in [-0.2, -0.15) is 0 Å². The van der Waals surface area contributed by atoms with Crippen LogP contribution in [0.4, 0.5) is 0 Å². The molecule has 0 amide bonds. The summed E-state index contributed by atoms with van der Waals surface area (Å²) in [6.45, 7) is 2.06. The predicted molar refractivity (Wildman–Crippen MR) is 96.6 cm³/mol. The van der Waals surface area contributed by atoms with Crippen molar-refractivity contribution in [3.63, 3.8) is 0 Å². The molecule has 0 aliphatic carbocycles. The number of aromatic nitrogens is 1. The zero-order valence-corrected chi connectivity index (χ0v) is 13.2. The molecule has 1 aromatic carbocycles. The number of rotatable bonds is 3. The molecule has 2 radical (unpaired) electrons. The van der Waals surface area contributed by atoms with Crippen LogP contribution in [0.2, 0.25) is 0 Å². The molecule has 6 heteroatoms. The van der Waals surface area contributed by atoms with E-state index in [-0.39, 0.29) is 0 Å². The first kappa shape index (κ1) is 14.7. The molecule has 0 bridgehead atoms. The van der Waals surface area contributed by atoms with Crippen molar-refractivity contribution < 1.29 is 0 Å². The van der Waals surface area contributed by atoms with E-state index in [2.05, 4.69) is 15.3 Å². The van der Waals surface area contributed by atoms with E-state index in [9.17, 15) is 0 Å². The van der Waals surface area contributed by atoms with E-state index in [0.717, 1.165) is 41.6 Å². The number of fused-ring (bicyclic) bond motifs is 1. The molecule has 0 fully saturated rings. The van der Waals surface area contributed by atoms with Crippen molar-refractivity contribution in [2.24, 2.45) is 9.98 Å². The molecule has 0 saturated carbocycles. The van der Waals surface area contributed by atoms with E-state index in [0.29, 0.717) is 12.1 Å². The molecule has 1 aromatic heterocycles. The topological polar surface area (TPSA) is 52.9 Å². The van der Waals surface area contributed by atoms with Gasteiger partial charge in [0.2, 0.25) is 0 Å². The third-order valence-corrected chi connectivity index (χ3v) is 4.05. The molecular weight excluding hydrogens is 297 g/mol. The highest BCUT2D eigenvalue weighted by atomic mass is 15.3. The maximum atomic E-state index is 6.36. The minimum Gasteiger partial charge on any atom is -0.336 e. The lowest BCUT2D eigenvalue weighted by molar-refractivity contribution is 0.593. The van der Waals surface area contributed by atoms with E-state index in [1.165, 1.54) is 0 Å². The van der Waals surface area contributed by atoms with E-state index < -0.39 is 0 Å². The first-order valence-electron chi connectivity index (χ1n) is 7.91. The maximum Gasteiger partial charge on any atom is 0.170 e. The first-order valence-corrected chi connectivity index (χ1v) is 7.91. The summed E-state index contributed by atoms with van der Waals surface area (Å²) in [7, 11) is 6.36. The Morgan fingerprint density at radius 3 is 2.83 bits per heavy atom. The van der Waals surface area contributed by atoms with Crippen LogP contribution in [-0.4, -0.2) is 42.5 Å². The summed E-state index contributed by atoms with van der Waals surface area (Å²) in [6.07, 6.45) is 3.58. The zero-order chi connectivity index (χ0) is 16.4. The van der Waals surface area contributed by atoms with Crippen LogP contribution in [0.15, 0.2) is 70.4 Å². The highest BCUT2D eigenvalue weighted by molar-refractivity contribution is 6.46. The predicted octanol–water partition coefficient (Wildman–Crippen LogP) is 1.79. The van der Waals surface area contributed by atoms with Gasteiger partial charge in [-0.25, -0.2) is 0 Å². The lowest BCUT2D eigenvalue weighted by atomic mass is 9.94. The van der Waals surface area contributed by atoms with Crippen LogP contribution in [0.5, 0.6) is 0 Å². The van der Waals surface area contributed by atoms with Gasteiger partial charge in [-0.3, -0.25) is 15.0 Å². The van der Waals surface area contributed by atoms with Crippen LogP contribution in [0.3, 0.4) is 0 Å². The fourth-order valence-electron chi connectivity index (χ4n) is 2.85. The summed E-state index contributed by atoms with van der Waals surface area (Å²) >= 11 is 0. The molecular formula is C18H16BN5. The Bertz CT molecular complexity index is 827. The van der Waals surface area contributed by atoms with Gasteiger partial charge in [0.25, 0.3) is 0 Å².